The number of methoxy groups -OCH3 is 1. The minimum absolute atomic E-state index is 0.0653. The lowest BCUT2D eigenvalue weighted by Crippen LogP contribution is -2.22. The number of rotatable bonds is 7. The molecule has 0 spiro atoms. The van der Waals surface area contributed by atoms with E-state index in [1.807, 2.05) is 39.8 Å². The first-order valence-corrected chi connectivity index (χ1v) is 12.3. The Hall–Kier alpha value is -4.97. The van der Waals surface area contributed by atoms with Gasteiger partial charge >= 0.3 is 0 Å². The van der Waals surface area contributed by atoms with E-state index in [4.69, 9.17) is 9.26 Å². The first kappa shape index (κ1) is 27.1. The van der Waals surface area contributed by atoms with Crippen LogP contribution in [0.15, 0.2) is 65.4 Å². The van der Waals surface area contributed by atoms with Crippen LogP contribution < -0.4 is 15.4 Å². The average Bonchev–Trinajstić information content (AvgIpc) is 3.42. The predicted molar refractivity (Wildman–Crippen MR) is 146 cm³/mol. The molecule has 9 heteroatoms. The third-order valence-electron chi connectivity index (χ3n) is 6.21. The quantitative estimate of drug-likeness (QED) is 0.331. The normalized spacial score (nSPS) is 11.0. The van der Waals surface area contributed by atoms with Crippen LogP contribution in [-0.2, 0) is 12.0 Å². The summed E-state index contributed by atoms with van der Waals surface area (Å²) in [5.74, 6) is -0.539. The van der Waals surface area contributed by atoms with Gasteiger partial charge in [0.25, 0.3) is 11.8 Å². The molecule has 0 bridgehead atoms. The van der Waals surface area contributed by atoms with Crippen LogP contribution in [0.25, 0.3) is 11.3 Å². The number of amides is 2. The van der Waals surface area contributed by atoms with Gasteiger partial charge in [-0.3, -0.25) is 14.6 Å². The Bertz CT molecular complexity index is 1560. The monoisotopic (exact) mass is 523 g/mol. The number of pyridine rings is 1. The molecule has 2 heterocycles. The summed E-state index contributed by atoms with van der Waals surface area (Å²) in [6.45, 7) is 8.23. The minimum atomic E-state index is -0.417. The zero-order valence-electron chi connectivity index (χ0n) is 22.5. The first-order chi connectivity index (χ1) is 18.6. The zero-order valence-corrected chi connectivity index (χ0v) is 22.5. The van der Waals surface area contributed by atoms with Crippen molar-refractivity contribution in [2.45, 2.75) is 39.7 Å². The van der Waals surface area contributed by atoms with Crippen molar-refractivity contribution in [1.29, 1.82) is 5.26 Å². The van der Waals surface area contributed by atoms with Gasteiger partial charge < -0.3 is 19.9 Å². The van der Waals surface area contributed by atoms with Gasteiger partial charge in [0.1, 0.15) is 17.5 Å². The molecule has 39 heavy (non-hydrogen) atoms. The summed E-state index contributed by atoms with van der Waals surface area (Å²) >= 11 is 0. The number of benzene rings is 2. The molecule has 9 nitrogen and oxygen atoms in total. The van der Waals surface area contributed by atoms with Gasteiger partial charge in [-0.15, -0.1) is 0 Å². The fourth-order valence-electron chi connectivity index (χ4n) is 3.99. The number of anilines is 1. The lowest BCUT2D eigenvalue weighted by molar-refractivity contribution is 0.0913. The highest BCUT2D eigenvalue weighted by Gasteiger charge is 2.23. The third-order valence-corrected chi connectivity index (χ3v) is 6.21. The molecule has 2 amide bonds. The summed E-state index contributed by atoms with van der Waals surface area (Å²) in [7, 11) is 1.43. The molecule has 2 N–H and O–H groups in total. The van der Waals surface area contributed by atoms with Gasteiger partial charge in [-0.05, 0) is 59.4 Å². The SMILES string of the molecule is COc1c(C#N)cc(C(C)(C)C)cc1C(=O)Nc1ccc(C)c(-c2cc(C(=O)NCc3cccnc3)on2)c1. The van der Waals surface area contributed by atoms with E-state index in [-0.39, 0.29) is 28.1 Å². The average molecular weight is 524 g/mol. The molecule has 0 unspecified atom stereocenters. The molecule has 0 fully saturated rings. The maximum Gasteiger partial charge on any atom is 0.290 e. The summed E-state index contributed by atoms with van der Waals surface area (Å²) in [5.41, 5.74) is 4.50. The molecule has 4 rings (SSSR count). The number of aryl methyl sites for hydroxylation is 1. The number of nitrogens with zero attached hydrogens (tertiary/aromatic N) is 3. The maximum absolute atomic E-state index is 13.4. The Balaban J connectivity index is 1.57. The molecule has 198 valence electrons. The van der Waals surface area contributed by atoms with Gasteiger partial charge in [-0.25, -0.2) is 0 Å². The Morgan fingerprint density at radius 2 is 1.90 bits per heavy atom. The molecule has 4 aromatic rings. The molecular formula is C30H29N5O4. The molecule has 0 radical (unpaired) electrons. The lowest BCUT2D eigenvalue weighted by atomic mass is 9.84. The van der Waals surface area contributed by atoms with E-state index in [2.05, 4.69) is 26.8 Å². The van der Waals surface area contributed by atoms with E-state index < -0.39 is 11.8 Å². The second-order valence-corrected chi connectivity index (χ2v) is 10.1. The standard InChI is InChI=1S/C30H29N5O4/c1-18-8-9-22(34-28(36)24-12-21(30(2,3)4)11-20(15-31)27(24)38-5)13-23(18)25-14-26(39-35-25)29(37)33-17-19-7-6-10-32-16-19/h6-14,16H,17H2,1-5H3,(H,33,37)(H,34,36). The van der Waals surface area contributed by atoms with Crippen LogP contribution in [0.1, 0.15) is 63.9 Å². The van der Waals surface area contributed by atoms with Crippen LogP contribution in [0.3, 0.4) is 0 Å². The van der Waals surface area contributed by atoms with E-state index in [1.165, 1.54) is 7.11 Å². The fraction of sp³-hybridized carbons (Fsp3) is 0.233. The summed E-state index contributed by atoms with van der Waals surface area (Å²) < 4.78 is 10.7. The molecular weight excluding hydrogens is 494 g/mol. The van der Waals surface area contributed by atoms with Crippen molar-refractivity contribution >= 4 is 17.5 Å². The van der Waals surface area contributed by atoms with Gasteiger partial charge in [0.05, 0.1) is 18.2 Å². The molecule has 2 aromatic carbocycles. The summed E-state index contributed by atoms with van der Waals surface area (Å²) in [6.07, 6.45) is 3.33. The van der Waals surface area contributed by atoms with Gasteiger partial charge in [0.15, 0.2) is 0 Å². The number of hydrogen-bond donors (Lipinski definition) is 2. The Labute approximate surface area is 226 Å². The van der Waals surface area contributed by atoms with Crippen molar-refractivity contribution in [3.05, 3.63) is 94.5 Å². The maximum atomic E-state index is 13.4. The number of aromatic nitrogens is 2. The number of carbonyl (C=O) groups is 2. The largest absolute Gasteiger partial charge is 0.495 e. The Morgan fingerprint density at radius 1 is 1.10 bits per heavy atom. The summed E-state index contributed by atoms with van der Waals surface area (Å²) in [5, 5.41) is 19.4. The molecule has 0 aliphatic rings. The number of ether oxygens (including phenoxy) is 1. The second kappa shape index (κ2) is 11.2. The highest BCUT2D eigenvalue weighted by molar-refractivity contribution is 6.07. The van der Waals surface area contributed by atoms with Crippen molar-refractivity contribution < 1.29 is 18.8 Å². The molecule has 0 aliphatic heterocycles. The Morgan fingerprint density at radius 3 is 2.56 bits per heavy atom. The van der Waals surface area contributed by atoms with E-state index in [0.717, 1.165) is 16.7 Å². The van der Waals surface area contributed by atoms with Crippen LogP contribution in [0.5, 0.6) is 5.75 Å². The van der Waals surface area contributed by atoms with Crippen molar-refractivity contribution in [2.75, 3.05) is 12.4 Å². The highest BCUT2D eigenvalue weighted by Crippen LogP contribution is 2.33. The van der Waals surface area contributed by atoms with Crippen molar-refractivity contribution in [3.63, 3.8) is 0 Å². The van der Waals surface area contributed by atoms with Crippen LogP contribution in [-0.4, -0.2) is 29.1 Å². The van der Waals surface area contributed by atoms with Crippen LogP contribution in [0.2, 0.25) is 0 Å². The predicted octanol–water partition coefficient (Wildman–Crippen LogP) is 5.41. The number of hydrogen-bond acceptors (Lipinski definition) is 7. The van der Waals surface area contributed by atoms with E-state index in [1.54, 1.807) is 48.8 Å². The summed E-state index contributed by atoms with van der Waals surface area (Å²) in [6, 6.07) is 16.2. The zero-order chi connectivity index (χ0) is 28.2. The number of nitrogens with one attached hydrogen (secondary N) is 2. The fourth-order valence-corrected chi connectivity index (χ4v) is 3.99. The molecule has 0 saturated carbocycles. The van der Waals surface area contributed by atoms with Gasteiger partial charge in [0.2, 0.25) is 5.76 Å². The van der Waals surface area contributed by atoms with E-state index in [9.17, 15) is 14.9 Å². The highest BCUT2D eigenvalue weighted by atomic mass is 16.5. The molecule has 2 aromatic heterocycles. The van der Waals surface area contributed by atoms with Crippen LogP contribution in [0, 0.1) is 18.3 Å². The number of carbonyl (C=O) groups excluding carboxylic acids is 2. The Kier molecular flexibility index (Phi) is 7.77. The van der Waals surface area contributed by atoms with Crippen molar-refractivity contribution in [2.24, 2.45) is 0 Å². The molecule has 0 atom stereocenters. The van der Waals surface area contributed by atoms with Crippen molar-refractivity contribution in [3.8, 4) is 23.1 Å². The topological polar surface area (TPSA) is 130 Å². The van der Waals surface area contributed by atoms with Gasteiger partial charge in [-0.1, -0.05) is 38.1 Å². The van der Waals surface area contributed by atoms with Gasteiger partial charge in [0, 0.05) is 36.3 Å². The minimum Gasteiger partial charge on any atom is -0.495 e. The molecule has 0 aliphatic carbocycles. The third kappa shape index (κ3) is 6.13. The lowest BCUT2D eigenvalue weighted by Gasteiger charge is -2.22. The molecule has 0 saturated heterocycles. The smallest absolute Gasteiger partial charge is 0.290 e. The van der Waals surface area contributed by atoms with E-state index in [0.29, 0.717) is 23.5 Å². The second-order valence-electron chi connectivity index (χ2n) is 10.1. The van der Waals surface area contributed by atoms with Crippen molar-refractivity contribution in [1.82, 2.24) is 15.5 Å². The number of nitriles is 1. The van der Waals surface area contributed by atoms with Crippen LogP contribution in [0.4, 0.5) is 5.69 Å². The van der Waals surface area contributed by atoms with Crippen LogP contribution >= 0.6 is 0 Å². The van der Waals surface area contributed by atoms with Gasteiger partial charge in [-0.2, -0.15) is 5.26 Å². The van der Waals surface area contributed by atoms with E-state index >= 15 is 0 Å². The summed E-state index contributed by atoms with van der Waals surface area (Å²) in [4.78, 5) is 30.0. The first-order valence-electron chi connectivity index (χ1n) is 12.3.